The Labute approximate surface area is 105 Å². The molecule has 0 amide bonds. The zero-order chi connectivity index (χ0) is 13.1. The van der Waals surface area contributed by atoms with Gasteiger partial charge in [-0.3, -0.25) is 0 Å². The molecule has 0 unspecified atom stereocenters. The number of rotatable bonds is 4. The van der Waals surface area contributed by atoms with Gasteiger partial charge >= 0.3 is 0 Å². The summed E-state index contributed by atoms with van der Waals surface area (Å²) < 4.78 is 16.0. The Morgan fingerprint density at radius 3 is 2.67 bits per heavy atom. The zero-order valence-electron chi connectivity index (χ0n) is 10.7. The van der Waals surface area contributed by atoms with Crippen LogP contribution >= 0.6 is 0 Å². The van der Waals surface area contributed by atoms with Crippen LogP contribution < -0.4 is 15.2 Å². The van der Waals surface area contributed by atoms with Crippen LogP contribution in [0, 0.1) is 6.92 Å². The highest BCUT2D eigenvalue weighted by molar-refractivity contribution is 5.72. The minimum Gasteiger partial charge on any atom is -0.496 e. The van der Waals surface area contributed by atoms with Gasteiger partial charge in [0, 0.05) is 17.7 Å². The lowest BCUT2D eigenvalue weighted by Gasteiger charge is -2.13. The third kappa shape index (κ3) is 1.93. The van der Waals surface area contributed by atoms with E-state index in [0.717, 1.165) is 22.4 Å². The van der Waals surface area contributed by atoms with Crippen molar-refractivity contribution in [2.75, 3.05) is 14.2 Å². The minimum atomic E-state index is 0.368. The van der Waals surface area contributed by atoms with Gasteiger partial charge in [0.15, 0.2) is 5.76 Å². The summed E-state index contributed by atoms with van der Waals surface area (Å²) in [5.74, 6) is 2.12. The molecule has 1 aromatic carbocycles. The van der Waals surface area contributed by atoms with E-state index in [9.17, 15) is 0 Å². The number of benzene rings is 1. The number of nitrogens with zero attached hydrogens (tertiary/aromatic N) is 1. The molecule has 5 heteroatoms. The van der Waals surface area contributed by atoms with Crippen LogP contribution in [0.15, 0.2) is 22.9 Å². The molecule has 18 heavy (non-hydrogen) atoms. The van der Waals surface area contributed by atoms with Crippen molar-refractivity contribution < 1.29 is 14.0 Å². The fourth-order valence-corrected chi connectivity index (χ4v) is 1.96. The van der Waals surface area contributed by atoms with E-state index < -0.39 is 0 Å². The SMILES string of the molecule is COc1ccc(-c2oncc2CN)c(OC)c1C. The van der Waals surface area contributed by atoms with Gasteiger partial charge in [0.1, 0.15) is 11.5 Å². The summed E-state index contributed by atoms with van der Waals surface area (Å²) in [5.41, 5.74) is 8.24. The van der Waals surface area contributed by atoms with Gasteiger partial charge in [-0.2, -0.15) is 0 Å². The standard InChI is InChI=1S/C13H16N2O3/c1-8-11(16-2)5-4-10(12(8)17-3)13-9(6-14)7-15-18-13/h4-5,7H,6,14H2,1-3H3. The first-order valence-corrected chi connectivity index (χ1v) is 5.58. The van der Waals surface area contributed by atoms with E-state index in [4.69, 9.17) is 19.7 Å². The molecule has 0 aliphatic carbocycles. The second-order valence-corrected chi connectivity index (χ2v) is 3.86. The maximum absolute atomic E-state index is 5.65. The number of aromatic nitrogens is 1. The maximum Gasteiger partial charge on any atom is 0.175 e. The lowest BCUT2D eigenvalue weighted by Crippen LogP contribution is -1.99. The summed E-state index contributed by atoms with van der Waals surface area (Å²) in [6, 6.07) is 3.75. The average molecular weight is 248 g/mol. The van der Waals surface area contributed by atoms with Gasteiger partial charge in [0.25, 0.3) is 0 Å². The summed E-state index contributed by atoms with van der Waals surface area (Å²) in [6.07, 6.45) is 1.62. The number of ether oxygens (including phenoxy) is 2. The topological polar surface area (TPSA) is 70.5 Å². The summed E-state index contributed by atoms with van der Waals surface area (Å²) in [6.45, 7) is 2.30. The van der Waals surface area contributed by atoms with Gasteiger partial charge < -0.3 is 19.7 Å². The van der Waals surface area contributed by atoms with Crippen LogP contribution in [0.2, 0.25) is 0 Å². The molecule has 0 aliphatic rings. The van der Waals surface area contributed by atoms with Gasteiger partial charge in [0.2, 0.25) is 0 Å². The third-order valence-corrected chi connectivity index (χ3v) is 2.89. The first-order valence-electron chi connectivity index (χ1n) is 5.58. The monoisotopic (exact) mass is 248 g/mol. The molecule has 0 radical (unpaired) electrons. The fourth-order valence-electron chi connectivity index (χ4n) is 1.96. The van der Waals surface area contributed by atoms with Gasteiger partial charge in [-0.1, -0.05) is 5.16 Å². The predicted molar refractivity (Wildman–Crippen MR) is 67.7 cm³/mol. The Bertz CT molecular complexity index is 549. The largest absolute Gasteiger partial charge is 0.496 e. The van der Waals surface area contributed by atoms with Crippen LogP contribution in [0.5, 0.6) is 11.5 Å². The van der Waals surface area contributed by atoms with E-state index in [-0.39, 0.29) is 0 Å². The molecule has 0 fully saturated rings. The smallest absolute Gasteiger partial charge is 0.175 e. The van der Waals surface area contributed by atoms with Crippen molar-refractivity contribution >= 4 is 0 Å². The molecule has 0 spiro atoms. The van der Waals surface area contributed by atoms with Crippen molar-refractivity contribution in [2.45, 2.75) is 13.5 Å². The lowest BCUT2D eigenvalue weighted by atomic mass is 10.0. The van der Waals surface area contributed by atoms with Crippen LogP contribution in [0.4, 0.5) is 0 Å². The number of hydrogen-bond acceptors (Lipinski definition) is 5. The van der Waals surface area contributed by atoms with Gasteiger partial charge in [-0.15, -0.1) is 0 Å². The highest BCUT2D eigenvalue weighted by Crippen LogP contribution is 2.38. The van der Waals surface area contributed by atoms with Crippen molar-refractivity contribution in [3.63, 3.8) is 0 Å². The van der Waals surface area contributed by atoms with E-state index in [0.29, 0.717) is 18.1 Å². The molecule has 0 saturated heterocycles. The Balaban J connectivity index is 2.61. The van der Waals surface area contributed by atoms with Gasteiger partial charge in [-0.25, -0.2) is 0 Å². The van der Waals surface area contributed by atoms with Gasteiger partial charge in [-0.05, 0) is 19.1 Å². The Kier molecular flexibility index (Phi) is 3.53. The van der Waals surface area contributed by atoms with Crippen molar-refractivity contribution in [1.82, 2.24) is 5.16 Å². The Morgan fingerprint density at radius 2 is 2.06 bits per heavy atom. The Morgan fingerprint density at radius 1 is 1.28 bits per heavy atom. The molecule has 96 valence electrons. The molecular weight excluding hydrogens is 232 g/mol. The zero-order valence-corrected chi connectivity index (χ0v) is 10.7. The van der Waals surface area contributed by atoms with E-state index in [2.05, 4.69) is 5.16 Å². The van der Waals surface area contributed by atoms with E-state index >= 15 is 0 Å². The first kappa shape index (κ1) is 12.4. The molecule has 2 rings (SSSR count). The van der Waals surface area contributed by atoms with E-state index in [1.807, 2.05) is 19.1 Å². The van der Waals surface area contributed by atoms with Crippen molar-refractivity contribution in [3.8, 4) is 22.8 Å². The quantitative estimate of drug-likeness (QED) is 0.897. The van der Waals surface area contributed by atoms with Gasteiger partial charge in [0.05, 0.1) is 26.0 Å². The molecule has 0 bridgehead atoms. The van der Waals surface area contributed by atoms with E-state index in [1.165, 1.54) is 0 Å². The van der Waals surface area contributed by atoms with Crippen LogP contribution in [-0.4, -0.2) is 19.4 Å². The molecule has 1 aromatic heterocycles. The van der Waals surface area contributed by atoms with Crippen LogP contribution in [0.25, 0.3) is 11.3 Å². The summed E-state index contributed by atoms with van der Waals surface area (Å²) >= 11 is 0. The second kappa shape index (κ2) is 5.10. The molecule has 0 aliphatic heterocycles. The number of nitrogens with two attached hydrogens (primary N) is 1. The number of methoxy groups -OCH3 is 2. The van der Waals surface area contributed by atoms with Crippen LogP contribution in [0.1, 0.15) is 11.1 Å². The average Bonchev–Trinajstić information content (AvgIpc) is 2.86. The molecule has 1 heterocycles. The molecule has 0 saturated carbocycles. The van der Waals surface area contributed by atoms with Crippen molar-refractivity contribution in [3.05, 3.63) is 29.5 Å². The first-order chi connectivity index (χ1) is 8.72. The molecular formula is C13H16N2O3. The second-order valence-electron chi connectivity index (χ2n) is 3.86. The van der Waals surface area contributed by atoms with Crippen LogP contribution in [0.3, 0.4) is 0 Å². The molecule has 2 N–H and O–H groups in total. The normalized spacial score (nSPS) is 10.4. The Hall–Kier alpha value is -2.01. The lowest BCUT2D eigenvalue weighted by molar-refractivity contribution is 0.386. The van der Waals surface area contributed by atoms with Crippen LogP contribution in [-0.2, 0) is 6.54 Å². The minimum absolute atomic E-state index is 0.368. The summed E-state index contributed by atoms with van der Waals surface area (Å²) in [5, 5.41) is 3.78. The maximum atomic E-state index is 5.65. The third-order valence-electron chi connectivity index (χ3n) is 2.89. The highest BCUT2D eigenvalue weighted by Gasteiger charge is 2.18. The summed E-state index contributed by atoms with van der Waals surface area (Å²) in [7, 11) is 3.24. The predicted octanol–water partition coefficient (Wildman–Crippen LogP) is 2.13. The highest BCUT2D eigenvalue weighted by atomic mass is 16.5. The van der Waals surface area contributed by atoms with Crippen molar-refractivity contribution in [2.24, 2.45) is 5.73 Å². The molecule has 5 nitrogen and oxygen atoms in total. The molecule has 0 atom stereocenters. The van der Waals surface area contributed by atoms with E-state index in [1.54, 1.807) is 20.4 Å². The van der Waals surface area contributed by atoms with Crippen molar-refractivity contribution in [1.29, 1.82) is 0 Å². The fraction of sp³-hybridized carbons (Fsp3) is 0.308. The number of hydrogen-bond donors (Lipinski definition) is 1. The summed E-state index contributed by atoms with van der Waals surface area (Å²) in [4.78, 5) is 0. The molecule has 2 aromatic rings.